The van der Waals surface area contributed by atoms with Crippen LogP contribution >= 0.6 is 0 Å². The van der Waals surface area contributed by atoms with E-state index in [1.165, 1.54) is 12.1 Å². The molecule has 14 heteroatoms. The smallest absolute Gasteiger partial charge is 0.362 e. The van der Waals surface area contributed by atoms with Gasteiger partial charge < -0.3 is 5.11 Å². The zero-order valence-corrected chi connectivity index (χ0v) is 16.1. The van der Waals surface area contributed by atoms with Crippen molar-refractivity contribution in [3.8, 4) is 0 Å². The first kappa shape index (κ1) is 22.1. The number of nitro benzene ring substituents is 1. The summed E-state index contributed by atoms with van der Waals surface area (Å²) in [7, 11) is -4.09. The lowest BCUT2D eigenvalue weighted by Gasteiger charge is -2.36. The number of hydrazone groups is 1. The zero-order valence-electron chi connectivity index (χ0n) is 15.3. The van der Waals surface area contributed by atoms with Gasteiger partial charge >= 0.3 is 6.18 Å². The molecular formula is C16H17F3N4O6S. The van der Waals surface area contributed by atoms with Crippen molar-refractivity contribution in [2.45, 2.75) is 36.1 Å². The van der Waals surface area contributed by atoms with Crippen LogP contribution in [0.1, 0.15) is 19.3 Å². The van der Waals surface area contributed by atoms with Gasteiger partial charge in [0.15, 0.2) is 0 Å². The van der Waals surface area contributed by atoms with E-state index in [0.29, 0.717) is 0 Å². The highest BCUT2D eigenvalue weighted by Crippen LogP contribution is 2.40. The summed E-state index contributed by atoms with van der Waals surface area (Å²) in [5.41, 5.74) is -3.82. The third-order valence-electron chi connectivity index (χ3n) is 5.06. The number of carbonyl (C=O) groups is 1. The van der Waals surface area contributed by atoms with E-state index < -0.39 is 50.8 Å². The summed E-state index contributed by atoms with van der Waals surface area (Å²) in [5.74, 6) is -2.01. The van der Waals surface area contributed by atoms with Crippen LogP contribution in [0.2, 0.25) is 0 Å². The highest BCUT2D eigenvalue weighted by atomic mass is 32.2. The summed E-state index contributed by atoms with van der Waals surface area (Å²) in [5, 5.41) is 24.1. The van der Waals surface area contributed by atoms with E-state index >= 15 is 0 Å². The first-order chi connectivity index (χ1) is 13.9. The van der Waals surface area contributed by atoms with Crippen molar-refractivity contribution in [2.24, 2.45) is 11.0 Å². The fourth-order valence-electron chi connectivity index (χ4n) is 3.33. The Balaban J connectivity index is 1.72. The Morgan fingerprint density at radius 1 is 1.30 bits per heavy atom. The Labute approximate surface area is 168 Å². The van der Waals surface area contributed by atoms with Gasteiger partial charge in [0.05, 0.1) is 9.82 Å². The van der Waals surface area contributed by atoms with Crippen molar-refractivity contribution >= 4 is 27.8 Å². The minimum atomic E-state index is -5.11. The number of nitro groups is 1. The van der Waals surface area contributed by atoms with Gasteiger partial charge in [-0.1, -0.05) is 6.07 Å². The fourth-order valence-corrected chi connectivity index (χ4v) is 4.84. The maximum atomic E-state index is 13.2. The van der Waals surface area contributed by atoms with Gasteiger partial charge in [0.25, 0.3) is 11.4 Å². The number of nitrogens with zero attached hydrogens (tertiary/aromatic N) is 4. The molecule has 3 rings (SSSR count). The molecule has 30 heavy (non-hydrogen) atoms. The summed E-state index contributed by atoms with van der Waals surface area (Å²) in [6.45, 7) is -0.354. The molecular weight excluding hydrogens is 433 g/mol. The average molecular weight is 450 g/mol. The SMILES string of the molecule is O=C(C1CCN(S(=O)(=O)c2cccc([N+](=O)[O-])c2)CC1)N1N=CCC1(O)C(F)(F)F. The molecule has 1 atom stereocenters. The second-order valence-corrected chi connectivity index (χ2v) is 8.84. The van der Waals surface area contributed by atoms with Crippen LogP contribution in [0, 0.1) is 16.0 Å². The molecule has 0 spiro atoms. The number of hydrogen-bond donors (Lipinski definition) is 1. The number of halogens is 3. The molecule has 0 bridgehead atoms. The molecule has 0 radical (unpaired) electrons. The van der Waals surface area contributed by atoms with Crippen molar-refractivity contribution in [3.05, 3.63) is 34.4 Å². The van der Waals surface area contributed by atoms with E-state index in [2.05, 4.69) is 5.10 Å². The molecule has 10 nitrogen and oxygen atoms in total. The summed E-state index contributed by atoms with van der Waals surface area (Å²) >= 11 is 0. The van der Waals surface area contributed by atoms with Gasteiger partial charge in [-0.2, -0.15) is 27.6 Å². The van der Waals surface area contributed by atoms with Gasteiger partial charge in [-0.3, -0.25) is 14.9 Å². The highest BCUT2D eigenvalue weighted by Gasteiger charge is 2.62. The molecule has 1 saturated heterocycles. The Bertz CT molecular complexity index is 991. The number of benzene rings is 1. The molecule has 2 aliphatic heterocycles. The average Bonchev–Trinajstić information content (AvgIpc) is 3.10. The van der Waals surface area contributed by atoms with Crippen molar-refractivity contribution in [3.63, 3.8) is 0 Å². The molecule has 0 aliphatic carbocycles. The number of hydrogen-bond acceptors (Lipinski definition) is 7. The van der Waals surface area contributed by atoms with Gasteiger partial charge in [-0.05, 0) is 18.9 Å². The highest BCUT2D eigenvalue weighted by molar-refractivity contribution is 7.89. The van der Waals surface area contributed by atoms with E-state index in [9.17, 15) is 41.6 Å². The minimum Gasteiger partial charge on any atom is -0.362 e. The third-order valence-corrected chi connectivity index (χ3v) is 6.95. The first-order valence-electron chi connectivity index (χ1n) is 8.78. The predicted octanol–water partition coefficient (Wildman–Crippen LogP) is 1.46. The van der Waals surface area contributed by atoms with Gasteiger partial charge in [-0.15, -0.1) is 0 Å². The van der Waals surface area contributed by atoms with Gasteiger partial charge in [-0.25, -0.2) is 8.42 Å². The zero-order chi connectivity index (χ0) is 22.3. The summed E-state index contributed by atoms with van der Waals surface area (Å²) < 4.78 is 65.9. The lowest BCUT2D eigenvalue weighted by molar-refractivity contribution is -0.385. The fraction of sp³-hybridized carbons (Fsp3) is 0.500. The Morgan fingerprint density at radius 2 is 1.93 bits per heavy atom. The van der Waals surface area contributed by atoms with Crippen LogP contribution in [-0.4, -0.2) is 64.9 Å². The number of rotatable bonds is 4. The Morgan fingerprint density at radius 3 is 2.50 bits per heavy atom. The lowest BCUT2D eigenvalue weighted by atomic mass is 9.96. The predicted molar refractivity (Wildman–Crippen MR) is 95.5 cm³/mol. The molecule has 2 heterocycles. The number of sulfonamides is 1. The molecule has 1 aromatic rings. The van der Waals surface area contributed by atoms with Crippen molar-refractivity contribution in [1.29, 1.82) is 0 Å². The maximum Gasteiger partial charge on any atom is 0.438 e. The third kappa shape index (κ3) is 3.77. The van der Waals surface area contributed by atoms with Crippen LogP contribution in [0.5, 0.6) is 0 Å². The molecule has 0 saturated carbocycles. The molecule has 1 N–H and O–H groups in total. The first-order valence-corrected chi connectivity index (χ1v) is 10.2. The molecule has 2 aliphatic rings. The summed E-state index contributed by atoms with van der Waals surface area (Å²) in [4.78, 5) is 22.4. The minimum absolute atomic E-state index is 0.0163. The van der Waals surface area contributed by atoms with Crippen LogP contribution < -0.4 is 0 Å². The number of carbonyl (C=O) groups excluding carboxylic acids is 1. The quantitative estimate of drug-likeness (QED) is 0.545. The number of piperidine rings is 1. The normalized spacial score (nSPS) is 23.7. The Kier molecular flexibility index (Phi) is 5.60. The lowest BCUT2D eigenvalue weighted by Crippen LogP contribution is -2.58. The topological polar surface area (TPSA) is 133 Å². The number of non-ortho nitro benzene ring substituents is 1. The second kappa shape index (κ2) is 7.59. The van der Waals surface area contributed by atoms with Crippen LogP contribution in [0.4, 0.5) is 18.9 Å². The van der Waals surface area contributed by atoms with E-state index in [4.69, 9.17) is 0 Å². The van der Waals surface area contributed by atoms with E-state index in [1.807, 2.05) is 0 Å². The van der Waals surface area contributed by atoms with E-state index in [-0.39, 0.29) is 35.8 Å². The molecule has 1 unspecified atom stereocenters. The van der Waals surface area contributed by atoms with Crippen molar-refractivity contribution < 1.29 is 36.4 Å². The molecule has 0 aromatic heterocycles. The van der Waals surface area contributed by atoms with Crippen molar-refractivity contribution in [2.75, 3.05) is 13.1 Å². The molecule has 1 fully saturated rings. The molecule has 1 amide bonds. The van der Waals surface area contributed by atoms with Gasteiger partial charge in [0, 0.05) is 43.8 Å². The van der Waals surface area contributed by atoms with Crippen LogP contribution in [-0.2, 0) is 14.8 Å². The van der Waals surface area contributed by atoms with Gasteiger partial charge in [0.1, 0.15) is 0 Å². The number of amides is 1. The second-order valence-electron chi connectivity index (χ2n) is 6.90. The van der Waals surface area contributed by atoms with Crippen molar-refractivity contribution in [1.82, 2.24) is 9.31 Å². The van der Waals surface area contributed by atoms with Crippen LogP contribution in [0.25, 0.3) is 0 Å². The summed E-state index contributed by atoms with van der Waals surface area (Å²) in [6, 6.07) is 4.48. The monoisotopic (exact) mass is 450 g/mol. The standard InChI is InChI=1S/C16H17F3N4O6S/c17-16(18,19)15(25)6-7-20-22(15)14(24)11-4-8-21(9-5-11)30(28,29)13-3-1-2-12(10-13)23(26)27/h1-3,7,10-11,25H,4-6,8-9H2. The van der Waals surface area contributed by atoms with Gasteiger partial charge in [0.2, 0.25) is 15.9 Å². The molecule has 164 valence electrons. The maximum absolute atomic E-state index is 13.2. The van der Waals surface area contributed by atoms with Crippen LogP contribution in [0.3, 0.4) is 0 Å². The summed E-state index contributed by atoms with van der Waals surface area (Å²) in [6.07, 6.45) is -5.37. The molecule has 1 aromatic carbocycles. The van der Waals surface area contributed by atoms with E-state index in [1.54, 1.807) is 0 Å². The largest absolute Gasteiger partial charge is 0.438 e. The Hall–Kier alpha value is -2.58. The van der Waals surface area contributed by atoms with E-state index in [0.717, 1.165) is 22.7 Å². The number of alkyl halides is 3. The number of aliphatic hydroxyl groups is 1. The van der Waals surface area contributed by atoms with Crippen LogP contribution in [0.15, 0.2) is 34.3 Å².